The number of esters is 1. The molecular weight excluding hydrogens is 448 g/mol. The molecule has 0 saturated carbocycles. The third-order valence-electron chi connectivity index (χ3n) is 4.94. The van der Waals surface area contributed by atoms with Crippen molar-refractivity contribution in [1.82, 2.24) is 4.90 Å². The summed E-state index contributed by atoms with van der Waals surface area (Å²) < 4.78 is 44.4. The van der Waals surface area contributed by atoms with Gasteiger partial charge in [-0.3, -0.25) is 9.52 Å². The fourth-order valence-corrected chi connectivity index (χ4v) is 4.69. The van der Waals surface area contributed by atoms with E-state index < -0.39 is 22.6 Å². The molecule has 178 valence electrons. The molecule has 33 heavy (non-hydrogen) atoms. The number of anilines is 1. The number of sulfonamides is 1. The van der Waals surface area contributed by atoms with Crippen molar-refractivity contribution in [2.45, 2.75) is 44.7 Å². The first kappa shape index (κ1) is 24.4. The largest absolute Gasteiger partial charge is 0.486 e. The molecule has 0 saturated heterocycles. The molecule has 0 spiro atoms. The highest BCUT2D eigenvalue weighted by atomic mass is 32.2. The van der Waals surface area contributed by atoms with Gasteiger partial charge >= 0.3 is 5.97 Å². The summed E-state index contributed by atoms with van der Waals surface area (Å²) in [5.41, 5.74) is 0.0291. The van der Waals surface area contributed by atoms with Crippen molar-refractivity contribution in [3.05, 3.63) is 48.0 Å². The van der Waals surface area contributed by atoms with Gasteiger partial charge in [-0.2, -0.15) is 0 Å². The molecule has 1 amide bonds. The van der Waals surface area contributed by atoms with E-state index in [0.29, 0.717) is 24.7 Å². The number of carbonyl (C=O) groups is 2. The first-order chi connectivity index (χ1) is 15.6. The number of para-hydroxylation sites is 1. The molecule has 0 radical (unpaired) electrons. The van der Waals surface area contributed by atoms with E-state index in [1.807, 2.05) is 27.7 Å². The molecule has 10 heteroatoms. The first-order valence-electron chi connectivity index (χ1n) is 10.6. The Morgan fingerprint density at radius 1 is 1.00 bits per heavy atom. The van der Waals surface area contributed by atoms with E-state index in [1.165, 1.54) is 30.3 Å². The molecule has 1 heterocycles. The molecule has 2 aromatic carbocycles. The van der Waals surface area contributed by atoms with Gasteiger partial charge in [-0.05, 0) is 52.0 Å². The number of fused-ring (bicyclic) bond motifs is 1. The van der Waals surface area contributed by atoms with Crippen LogP contribution >= 0.6 is 0 Å². The van der Waals surface area contributed by atoms with E-state index in [1.54, 1.807) is 17.0 Å². The van der Waals surface area contributed by atoms with Gasteiger partial charge in [-0.25, -0.2) is 13.2 Å². The molecule has 0 aromatic heterocycles. The van der Waals surface area contributed by atoms with Crippen LogP contribution in [0, 0.1) is 0 Å². The first-order valence-corrected chi connectivity index (χ1v) is 12.1. The molecule has 0 unspecified atom stereocenters. The Kier molecular flexibility index (Phi) is 7.47. The van der Waals surface area contributed by atoms with Crippen molar-refractivity contribution in [2.75, 3.05) is 24.5 Å². The van der Waals surface area contributed by atoms with Gasteiger partial charge in [-0.1, -0.05) is 12.1 Å². The third kappa shape index (κ3) is 5.75. The number of nitrogens with one attached hydrogen (secondary N) is 1. The average molecular weight is 477 g/mol. The van der Waals surface area contributed by atoms with Gasteiger partial charge in [0.2, 0.25) is 0 Å². The number of ether oxygens (including phenoxy) is 3. The highest BCUT2D eigenvalue weighted by Gasteiger charge is 2.24. The van der Waals surface area contributed by atoms with Crippen LogP contribution in [0.25, 0.3) is 0 Å². The topological polar surface area (TPSA) is 111 Å². The number of amides is 1. The quantitative estimate of drug-likeness (QED) is 0.583. The smallest absolute Gasteiger partial charge is 0.340 e. The number of hydrogen-bond acceptors (Lipinski definition) is 7. The molecule has 1 aliphatic rings. The maximum Gasteiger partial charge on any atom is 0.340 e. The predicted molar refractivity (Wildman–Crippen MR) is 122 cm³/mol. The van der Waals surface area contributed by atoms with Crippen LogP contribution in [0.15, 0.2) is 47.4 Å². The van der Waals surface area contributed by atoms with Crippen LogP contribution in [0.3, 0.4) is 0 Å². The molecule has 3 rings (SSSR count). The molecule has 2 aromatic rings. The maximum absolute atomic E-state index is 12.9. The Labute approximate surface area is 193 Å². The summed E-state index contributed by atoms with van der Waals surface area (Å²) in [6.45, 7) is 7.77. The van der Waals surface area contributed by atoms with Crippen LogP contribution in [0.1, 0.15) is 38.1 Å². The molecule has 0 aliphatic carbocycles. The van der Waals surface area contributed by atoms with Crippen molar-refractivity contribution < 1.29 is 32.2 Å². The van der Waals surface area contributed by atoms with Crippen LogP contribution in [-0.2, 0) is 19.6 Å². The molecule has 1 aliphatic heterocycles. The van der Waals surface area contributed by atoms with Gasteiger partial charge in [0.15, 0.2) is 18.1 Å². The van der Waals surface area contributed by atoms with Crippen molar-refractivity contribution in [2.24, 2.45) is 0 Å². The van der Waals surface area contributed by atoms with E-state index in [-0.39, 0.29) is 34.1 Å². The second-order valence-corrected chi connectivity index (χ2v) is 9.70. The van der Waals surface area contributed by atoms with Crippen molar-refractivity contribution >= 4 is 27.6 Å². The predicted octanol–water partition coefficient (Wildman–Crippen LogP) is 3.06. The fourth-order valence-electron chi connectivity index (χ4n) is 3.60. The lowest BCUT2D eigenvalue weighted by Crippen LogP contribution is -2.44. The van der Waals surface area contributed by atoms with Gasteiger partial charge in [0, 0.05) is 18.2 Å². The number of nitrogens with zero attached hydrogens (tertiary/aromatic N) is 1. The van der Waals surface area contributed by atoms with Crippen LogP contribution in [0.4, 0.5) is 5.69 Å². The van der Waals surface area contributed by atoms with Crippen LogP contribution in [0.2, 0.25) is 0 Å². The monoisotopic (exact) mass is 476 g/mol. The molecule has 0 atom stereocenters. The number of rotatable bonds is 8. The normalized spacial score (nSPS) is 13.0. The Bertz CT molecular complexity index is 1120. The number of benzene rings is 2. The minimum Gasteiger partial charge on any atom is -0.486 e. The average Bonchev–Trinajstić information content (AvgIpc) is 2.76. The number of hydrogen-bond donors (Lipinski definition) is 1. The summed E-state index contributed by atoms with van der Waals surface area (Å²) in [6, 6.07) is 10.2. The standard InChI is InChI=1S/C23H28N2O7S/c1-15(2)25(16(3)4)22(26)14-32-23(27)18-7-5-6-8-19(18)24-33(28,29)17-9-10-20-21(13-17)31-12-11-30-20/h5-10,13,15-16,24H,11-12,14H2,1-4H3. The fraction of sp³-hybridized carbons (Fsp3) is 0.391. The van der Waals surface area contributed by atoms with Gasteiger partial charge in [0.25, 0.3) is 15.9 Å². The number of carbonyl (C=O) groups excluding carboxylic acids is 2. The van der Waals surface area contributed by atoms with Crippen LogP contribution in [-0.4, -0.2) is 57.1 Å². The lowest BCUT2D eigenvalue weighted by Gasteiger charge is -2.30. The Morgan fingerprint density at radius 2 is 1.64 bits per heavy atom. The molecule has 9 nitrogen and oxygen atoms in total. The summed E-state index contributed by atoms with van der Waals surface area (Å²) in [6.07, 6.45) is 0. The summed E-state index contributed by atoms with van der Waals surface area (Å²) in [7, 11) is -4.04. The maximum atomic E-state index is 12.9. The van der Waals surface area contributed by atoms with Crippen molar-refractivity contribution in [3.8, 4) is 11.5 Å². The third-order valence-corrected chi connectivity index (χ3v) is 6.31. The van der Waals surface area contributed by atoms with Crippen molar-refractivity contribution in [1.29, 1.82) is 0 Å². The van der Waals surface area contributed by atoms with E-state index in [9.17, 15) is 18.0 Å². The second-order valence-electron chi connectivity index (χ2n) is 8.02. The summed E-state index contributed by atoms with van der Waals surface area (Å²) in [5, 5.41) is 0. The van der Waals surface area contributed by atoms with E-state index >= 15 is 0 Å². The minimum atomic E-state index is -4.04. The highest BCUT2D eigenvalue weighted by Crippen LogP contribution is 2.33. The Hall–Kier alpha value is -3.27. The van der Waals surface area contributed by atoms with Crippen LogP contribution in [0.5, 0.6) is 11.5 Å². The Balaban J connectivity index is 1.76. The van der Waals surface area contributed by atoms with Crippen molar-refractivity contribution in [3.63, 3.8) is 0 Å². The van der Waals surface area contributed by atoms with E-state index in [2.05, 4.69) is 4.72 Å². The zero-order valence-electron chi connectivity index (χ0n) is 19.0. The SMILES string of the molecule is CC(C)N(C(=O)COC(=O)c1ccccc1NS(=O)(=O)c1ccc2c(c1)OCCO2)C(C)C. The van der Waals surface area contributed by atoms with E-state index in [0.717, 1.165) is 0 Å². The van der Waals surface area contributed by atoms with E-state index in [4.69, 9.17) is 14.2 Å². The Morgan fingerprint density at radius 3 is 2.30 bits per heavy atom. The summed E-state index contributed by atoms with van der Waals surface area (Å²) in [4.78, 5) is 26.7. The second kappa shape index (κ2) is 10.1. The molecule has 1 N–H and O–H groups in total. The van der Waals surface area contributed by atoms with Gasteiger partial charge < -0.3 is 19.1 Å². The lowest BCUT2D eigenvalue weighted by molar-refractivity contribution is -0.138. The summed E-state index contributed by atoms with van der Waals surface area (Å²) in [5.74, 6) is -0.347. The van der Waals surface area contributed by atoms with Gasteiger partial charge in [0.05, 0.1) is 16.1 Å². The lowest BCUT2D eigenvalue weighted by atomic mass is 10.2. The van der Waals surface area contributed by atoms with Gasteiger partial charge in [-0.15, -0.1) is 0 Å². The molecule has 0 bridgehead atoms. The minimum absolute atomic E-state index is 0.00735. The zero-order chi connectivity index (χ0) is 24.2. The molecule has 0 fully saturated rings. The van der Waals surface area contributed by atoms with Crippen LogP contribution < -0.4 is 14.2 Å². The highest BCUT2D eigenvalue weighted by molar-refractivity contribution is 7.92. The molecular formula is C23H28N2O7S. The van der Waals surface area contributed by atoms with Gasteiger partial charge in [0.1, 0.15) is 13.2 Å². The zero-order valence-corrected chi connectivity index (χ0v) is 19.8. The summed E-state index contributed by atoms with van der Waals surface area (Å²) >= 11 is 0.